The summed E-state index contributed by atoms with van der Waals surface area (Å²) in [5, 5.41) is 11.1. The Labute approximate surface area is 89.1 Å². The van der Waals surface area contributed by atoms with Crippen LogP contribution in [0.3, 0.4) is 0 Å². The minimum Gasteiger partial charge on any atom is -0.871 e. The Morgan fingerprint density at radius 2 is 2.46 bits per heavy atom. The SMILES string of the molecule is CCOC(=O)c1cnc(I)c([O-])c1. The van der Waals surface area contributed by atoms with Crippen LogP contribution in [-0.4, -0.2) is 17.6 Å². The zero-order valence-corrected chi connectivity index (χ0v) is 9.07. The van der Waals surface area contributed by atoms with Gasteiger partial charge in [0.1, 0.15) is 0 Å². The molecule has 0 fully saturated rings. The monoisotopic (exact) mass is 292 g/mol. The van der Waals surface area contributed by atoms with E-state index in [4.69, 9.17) is 4.74 Å². The quantitative estimate of drug-likeness (QED) is 0.462. The van der Waals surface area contributed by atoms with Crippen molar-refractivity contribution >= 4 is 28.6 Å². The van der Waals surface area contributed by atoms with E-state index in [-0.39, 0.29) is 11.3 Å². The average molecular weight is 292 g/mol. The second-order valence-corrected chi connectivity index (χ2v) is 3.26. The van der Waals surface area contributed by atoms with Crippen LogP contribution in [0, 0.1) is 3.70 Å². The standard InChI is InChI=1S/C8H8INO3/c1-2-13-8(12)5-3-6(11)7(9)10-4-5/h3-4,11H,2H2,1H3/p-1. The summed E-state index contributed by atoms with van der Waals surface area (Å²) in [7, 11) is 0. The smallest absolute Gasteiger partial charge is 0.339 e. The van der Waals surface area contributed by atoms with E-state index in [9.17, 15) is 9.90 Å². The molecule has 0 aliphatic carbocycles. The molecule has 0 unspecified atom stereocenters. The first-order chi connectivity index (χ1) is 6.15. The van der Waals surface area contributed by atoms with Crippen LogP contribution in [0.2, 0.25) is 0 Å². The molecule has 0 radical (unpaired) electrons. The van der Waals surface area contributed by atoms with Crippen molar-refractivity contribution in [2.24, 2.45) is 0 Å². The highest BCUT2D eigenvalue weighted by atomic mass is 127. The lowest BCUT2D eigenvalue weighted by Crippen LogP contribution is -2.07. The third-order valence-electron chi connectivity index (χ3n) is 1.32. The second kappa shape index (κ2) is 4.40. The number of nitrogens with zero attached hydrogens (tertiary/aromatic N) is 1. The molecule has 0 saturated heterocycles. The summed E-state index contributed by atoms with van der Waals surface area (Å²) in [5.41, 5.74) is 0.201. The molecular weight excluding hydrogens is 285 g/mol. The summed E-state index contributed by atoms with van der Waals surface area (Å²) >= 11 is 1.81. The van der Waals surface area contributed by atoms with E-state index in [0.717, 1.165) is 0 Å². The number of carbonyl (C=O) groups is 1. The van der Waals surface area contributed by atoms with Crippen molar-refractivity contribution in [1.82, 2.24) is 4.98 Å². The van der Waals surface area contributed by atoms with Gasteiger partial charge in [-0.05, 0) is 29.5 Å². The molecule has 13 heavy (non-hydrogen) atoms. The van der Waals surface area contributed by atoms with Crippen LogP contribution in [0.4, 0.5) is 0 Å². The molecular formula is C8H7INO3-. The Morgan fingerprint density at radius 3 is 3.00 bits per heavy atom. The van der Waals surface area contributed by atoms with Gasteiger partial charge >= 0.3 is 5.97 Å². The van der Waals surface area contributed by atoms with Crippen molar-refractivity contribution in [3.8, 4) is 5.75 Å². The van der Waals surface area contributed by atoms with Gasteiger partial charge in [0.2, 0.25) is 0 Å². The Morgan fingerprint density at radius 1 is 1.77 bits per heavy atom. The molecule has 1 aromatic heterocycles. The maximum Gasteiger partial charge on any atom is 0.339 e. The molecule has 5 heteroatoms. The first kappa shape index (κ1) is 10.2. The molecule has 70 valence electrons. The number of ether oxygens (including phenoxy) is 1. The van der Waals surface area contributed by atoms with Crippen molar-refractivity contribution < 1.29 is 14.6 Å². The van der Waals surface area contributed by atoms with E-state index >= 15 is 0 Å². The van der Waals surface area contributed by atoms with Gasteiger partial charge < -0.3 is 9.84 Å². The van der Waals surface area contributed by atoms with Crippen molar-refractivity contribution in [1.29, 1.82) is 0 Å². The van der Waals surface area contributed by atoms with Gasteiger partial charge in [0.15, 0.2) is 0 Å². The average Bonchev–Trinajstić information content (AvgIpc) is 2.10. The van der Waals surface area contributed by atoms with E-state index in [1.54, 1.807) is 6.92 Å². The summed E-state index contributed by atoms with van der Waals surface area (Å²) < 4.78 is 5.05. The highest BCUT2D eigenvalue weighted by molar-refractivity contribution is 14.1. The summed E-state index contributed by atoms with van der Waals surface area (Å²) in [4.78, 5) is 14.9. The Hall–Kier alpha value is -0.850. The van der Waals surface area contributed by atoms with E-state index in [0.29, 0.717) is 10.3 Å². The predicted molar refractivity (Wildman–Crippen MR) is 52.4 cm³/mol. The fourth-order valence-corrected chi connectivity index (χ4v) is 1.05. The van der Waals surface area contributed by atoms with E-state index < -0.39 is 5.97 Å². The molecule has 0 atom stereocenters. The lowest BCUT2D eigenvalue weighted by molar-refractivity contribution is -0.270. The van der Waals surface area contributed by atoms with Gasteiger partial charge in [0, 0.05) is 6.20 Å². The molecule has 0 amide bonds. The minimum atomic E-state index is -0.511. The summed E-state index contributed by atoms with van der Waals surface area (Å²) in [6.07, 6.45) is 1.33. The van der Waals surface area contributed by atoms with E-state index in [1.165, 1.54) is 12.3 Å². The first-order valence-corrected chi connectivity index (χ1v) is 4.72. The number of halogens is 1. The Bertz CT molecular complexity index is 327. The number of aromatic nitrogens is 1. The predicted octanol–water partition coefficient (Wildman–Crippen LogP) is 0.936. The number of hydrogen-bond donors (Lipinski definition) is 0. The molecule has 0 aliphatic rings. The molecule has 4 nitrogen and oxygen atoms in total. The van der Waals surface area contributed by atoms with Crippen molar-refractivity contribution in [3.05, 3.63) is 21.5 Å². The van der Waals surface area contributed by atoms with Crippen LogP contribution in [0.1, 0.15) is 17.3 Å². The van der Waals surface area contributed by atoms with Crippen molar-refractivity contribution in [2.75, 3.05) is 6.61 Å². The van der Waals surface area contributed by atoms with Gasteiger partial charge in [-0.2, -0.15) is 0 Å². The molecule has 1 heterocycles. The largest absolute Gasteiger partial charge is 0.871 e. The number of hydrogen-bond acceptors (Lipinski definition) is 4. The summed E-state index contributed by atoms with van der Waals surface area (Å²) in [6, 6.07) is 1.23. The normalized spacial score (nSPS) is 9.69. The minimum absolute atomic E-state index is 0.201. The van der Waals surface area contributed by atoms with Crippen LogP contribution in [0.5, 0.6) is 5.75 Å². The van der Waals surface area contributed by atoms with Gasteiger partial charge in [0.05, 0.1) is 15.9 Å². The van der Waals surface area contributed by atoms with E-state index in [2.05, 4.69) is 4.98 Å². The third-order valence-corrected chi connectivity index (χ3v) is 2.13. The van der Waals surface area contributed by atoms with Crippen LogP contribution in [-0.2, 0) is 4.74 Å². The lowest BCUT2D eigenvalue weighted by atomic mass is 10.3. The van der Waals surface area contributed by atoms with Crippen LogP contribution >= 0.6 is 22.6 Å². The molecule has 0 spiro atoms. The van der Waals surface area contributed by atoms with Gasteiger partial charge in [-0.25, -0.2) is 4.79 Å². The van der Waals surface area contributed by atoms with Crippen molar-refractivity contribution in [2.45, 2.75) is 6.92 Å². The molecule has 0 N–H and O–H groups in total. The second-order valence-electron chi connectivity index (χ2n) is 2.23. The number of rotatable bonds is 2. The highest BCUT2D eigenvalue weighted by Crippen LogP contribution is 2.15. The first-order valence-electron chi connectivity index (χ1n) is 3.64. The summed E-state index contributed by atoms with van der Waals surface area (Å²) in [6.45, 7) is 2.00. The van der Waals surface area contributed by atoms with Crippen LogP contribution in [0.25, 0.3) is 0 Å². The maximum absolute atomic E-state index is 11.1. The lowest BCUT2D eigenvalue weighted by Gasteiger charge is -2.08. The van der Waals surface area contributed by atoms with Gasteiger partial charge in [-0.3, -0.25) is 4.98 Å². The highest BCUT2D eigenvalue weighted by Gasteiger charge is 2.06. The molecule has 1 aromatic rings. The van der Waals surface area contributed by atoms with Gasteiger partial charge in [0.25, 0.3) is 0 Å². The fraction of sp³-hybridized carbons (Fsp3) is 0.250. The third kappa shape index (κ3) is 2.55. The molecule has 1 rings (SSSR count). The van der Waals surface area contributed by atoms with Gasteiger partial charge in [-0.15, -0.1) is 0 Å². The van der Waals surface area contributed by atoms with E-state index in [1.807, 2.05) is 22.6 Å². The van der Waals surface area contributed by atoms with Crippen molar-refractivity contribution in [3.63, 3.8) is 0 Å². The topological polar surface area (TPSA) is 62.2 Å². The number of carbonyl (C=O) groups excluding carboxylic acids is 1. The molecule has 0 saturated carbocycles. The maximum atomic E-state index is 11.1. The molecule has 0 aliphatic heterocycles. The molecule has 0 bridgehead atoms. The zero-order chi connectivity index (χ0) is 9.84. The van der Waals surface area contributed by atoms with Crippen LogP contribution in [0.15, 0.2) is 12.3 Å². The molecule has 0 aromatic carbocycles. The van der Waals surface area contributed by atoms with Crippen LogP contribution < -0.4 is 5.11 Å². The summed E-state index contributed by atoms with van der Waals surface area (Å²) in [5.74, 6) is -0.769. The Kier molecular flexibility index (Phi) is 3.47. The van der Waals surface area contributed by atoms with Gasteiger partial charge in [-0.1, -0.05) is 11.8 Å². The Balaban J connectivity index is 2.90. The zero-order valence-electron chi connectivity index (χ0n) is 6.91. The number of pyridine rings is 1. The number of esters is 1. The fourth-order valence-electron chi connectivity index (χ4n) is 0.754.